The largest absolute Gasteiger partial charge is 0.372 e. The summed E-state index contributed by atoms with van der Waals surface area (Å²) in [7, 11) is 0. The molecule has 0 spiro atoms. The van der Waals surface area contributed by atoms with Gasteiger partial charge in [0.25, 0.3) is 5.91 Å². The lowest BCUT2D eigenvalue weighted by atomic mass is 10.1. The topological polar surface area (TPSA) is 35.9 Å². The fraction of sp³-hybridized carbons (Fsp3) is 0.312. The number of aryl methyl sites for hydroxylation is 4. The molecule has 0 bridgehead atoms. The highest BCUT2D eigenvalue weighted by Gasteiger charge is 2.35. The Kier molecular flexibility index (Phi) is 8.55. The van der Waals surface area contributed by atoms with Crippen LogP contribution >= 0.6 is 11.8 Å². The monoisotopic (exact) mass is 511 g/mol. The highest BCUT2D eigenvalue weighted by Crippen LogP contribution is 2.38. The molecule has 1 aliphatic rings. The van der Waals surface area contributed by atoms with Crippen molar-refractivity contribution in [2.75, 3.05) is 22.9 Å². The highest BCUT2D eigenvalue weighted by atomic mass is 32.2. The summed E-state index contributed by atoms with van der Waals surface area (Å²) in [4.78, 5) is 23.5. The summed E-state index contributed by atoms with van der Waals surface area (Å²) >= 11 is 1.44. The smallest absolute Gasteiger partial charge is 0.271 e. The van der Waals surface area contributed by atoms with Crippen molar-refractivity contribution in [3.05, 3.63) is 93.4 Å². The number of thioether (sulfide) groups is 1. The second-order valence-electron chi connectivity index (χ2n) is 9.76. The van der Waals surface area contributed by atoms with Crippen LogP contribution in [-0.4, -0.2) is 24.2 Å². The van der Waals surface area contributed by atoms with Crippen LogP contribution in [0.4, 0.5) is 17.1 Å². The number of hydrogen-bond donors (Lipinski definition) is 0. The summed E-state index contributed by atoms with van der Waals surface area (Å²) in [5.74, 6) is -0.0431. The molecule has 37 heavy (non-hydrogen) atoms. The van der Waals surface area contributed by atoms with Gasteiger partial charge < -0.3 is 4.90 Å². The lowest BCUT2D eigenvalue weighted by molar-refractivity contribution is -0.113. The first-order valence-corrected chi connectivity index (χ1v) is 13.9. The molecule has 1 heterocycles. The Morgan fingerprint density at radius 1 is 0.811 bits per heavy atom. The van der Waals surface area contributed by atoms with Gasteiger partial charge in [-0.1, -0.05) is 38.1 Å². The van der Waals surface area contributed by atoms with E-state index in [1.807, 2.05) is 18.2 Å². The molecule has 0 radical (unpaired) electrons. The molecule has 0 N–H and O–H groups in total. The lowest BCUT2D eigenvalue weighted by Crippen LogP contribution is -2.28. The van der Waals surface area contributed by atoms with Crippen molar-refractivity contribution >= 4 is 46.0 Å². The average molecular weight is 512 g/mol. The third-order valence-electron chi connectivity index (χ3n) is 6.81. The Morgan fingerprint density at radius 3 is 2.03 bits per heavy atom. The summed E-state index contributed by atoms with van der Waals surface area (Å²) in [6.07, 6.45) is 4.22. The second-order valence-corrected chi connectivity index (χ2v) is 10.8. The van der Waals surface area contributed by atoms with Crippen LogP contribution in [0.3, 0.4) is 0 Å². The maximum absolute atomic E-state index is 13.7. The van der Waals surface area contributed by atoms with E-state index < -0.39 is 0 Å². The van der Waals surface area contributed by atoms with E-state index in [-0.39, 0.29) is 5.91 Å². The van der Waals surface area contributed by atoms with Crippen LogP contribution in [0, 0.1) is 27.7 Å². The zero-order chi connectivity index (χ0) is 26.5. The normalized spacial score (nSPS) is 15.7. The summed E-state index contributed by atoms with van der Waals surface area (Å²) < 4.78 is 0. The molecule has 3 aromatic rings. The molecule has 0 aromatic heterocycles. The van der Waals surface area contributed by atoms with Crippen LogP contribution < -0.4 is 9.80 Å². The first-order valence-electron chi connectivity index (χ1n) is 13.1. The Hall–Kier alpha value is -3.31. The molecule has 4 nitrogen and oxygen atoms in total. The van der Waals surface area contributed by atoms with E-state index in [1.54, 1.807) is 4.90 Å². The Bertz CT molecular complexity index is 1330. The fourth-order valence-electron chi connectivity index (χ4n) is 4.39. The number of hydrogen-bond acceptors (Lipinski definition) is 4. The third kappa shape index (κ3) is 6.16. The Labute approximate surface area is 226 Å². The maximum atomic E-state index is 13.7. The molecule has 0 aliphatic carbocycles. The van der Waals surface area contributed by atoms with Gasteiger partial charge in [-0.25, -0.2) is 4.99 Å². The van der Waals surface area contributed by atoms with Crippen molar-refractivity contribution in [1.29, 1.82) is 0 Å². The van der Waals surface area contributed by atoms with Crippen molar-refractivity contribution in [3.63, 3.8) is 0 Å². The molecule has 0 atom stereocenters. The lowest BCUT2D eigenvalue weighted by Gasteiger charge is -2.23. The Balaban J connectivity index is 1.70. The van der Waals surface area contributed by atoms with Gasteiger partial charge in [0.15, 0.2) is 5.17 Å². The van der Waals surface area contributed by atoms with Crippen LogP contribution in [0.25, 0.3) is 6.08 Å². The van der Waals surface area contributed by atoms with Gasteiger partial charge in [0.2, 0.25) is 0 Å². The quantitative estimate of drug-likeness (QED) is 0.285. The molecule has 3 aromatic carbocycles. The van der Waals surface area contributed by atoms with Crippen molar-refractivity contribution in [2.24, 2.45) is 4.99 Å². The van der Waals surface area contributed by atoms with Crippen LogP contribution in [0.15, 0.2) is 70.6 Å². The van der Waals surface area contributed by atoms with Gasteiger partial charge in [0, 0.05) is 18.8 Å². The van der Waals surface area contributed by atoms with Gasteiger partial charge in [-0.3, -0.25) is 9.69 Å². The molecule has 1 fully saturated rings. The fourth-order valence-corrected chi connectivity index (χ4v) is 5.39. The molecule has 1 amide bonds. The predicted octanol–water partition coefficient (Wildman–Crippen LogP) is 8.36. The van der Waals surface area contributed by atoms with E-state index >= 15 is 0 Å². The number of nitrogens with zero attached hydrogens (tertiary/aromatic N) is 3. The van der Waals surface area contributed by atoms with E-state index in [9.17, 15) is 4.79 Å². The maximum Gasteiger partial charge on any atom is 0.271 e. The van der Waals surface area contributed by atoms with E-state index in [1.165, 1.54) is 34.1 Å². The molecule has 1 aliphatic heterocycles. The predicted molar refractivity (Wildman–Crippen MR) is 161 cm³/mol. The molecule has 0 saturated carbocycles. The van der Waals surface area contributed by atoms with Gasteiger partial charge >= 0.3 is 0 Å². The van der Waals surface area contributed by atoms with Crippen LogP contribution in [0.5, 0.6) is 0 Å². The SMILES string of the molecule is CCCN(CCC)c1ccc(/C=C2/SC(=Nc3ccc(C)c(C)c3)N(c3ccc(C)c(C)c3)C2=O)cc1. The van der Waals surface area contributed by atoms with E-state index in [0.29, 0.717) is 10.1 Å². The number of amidine groups is 1. The molecule has 0 unspecified atom stereocenters. The molecule has 4 rings (SSSR count). The first kappa shape index (κ1) is 26.7. The zero-order valence-corrected chi connectivity index (χ0v) is 23.7. The number of amides is 1. The summed E-state index contributed by atoms with van der Waals surface area (Å²) in [6, 6.07) is 20.8. The van der Waals surface area contributed by atoms with Crippen molar-refractivity contribution in [1.82, 2.24) is 0 Å². The van der Waals surface area contributed by atoms with Gasteiger partial charge in [-0.15, -0.1) is 0 Å². The minimum Gasteiger partial charge on any atom is -0.372 e. The van der Waals surface area contributed by atoms with Crippen molar-refractivity contribution in [3.8, 4) is 0 Å². The number of aliphatic imine (C=N–C) groups is 1. The standard InChI is InChI=1S/C32H37N3OS/c1-7-17-34(18-8-2)28-15-11-26(12-16-28)21-30-31(36)35(29-14-10-23(4)25(6)20-29)32(37-30)33-27-13-9-22(3)24(5)19-27/h9-16,19-21H,7-8,17-18H2,1-6H3/b30-21+,33-32?. The highest BCUT2D eigenvalue weighted by molar-refractivity contribution is 8.19. The van der Waals surface area contributed by atoms with Gasteiger partial charge in [-0.05, 0) is 123 Å². The van der Waals surface area contributed by atoms with E-state index in [2.05, 4.69) is 95.0 Å². The van der Waals surface area contributed by atoms with E-state index in [0.717, 1.165) is 48.4 Å². The number of carbonyl (C=O) groups excluding carboxylic acids is 1. The van der Waals surface area contributed by atoms with Gasteiger partial charge in [0.1, 0.15) is 0 Å². The van der Waals surface area contributed by atoms with E-state index in [4.69, 9.17) is 4.99 Å². The molecule has 1 saturated heterocycles. The zero-order valence-electron chi connectivity index (χ0n) is 22.8. The minimum atomic E-state index is -0.0431. The van der Waals surface area contributed by atoms with Crippen LogP contribution in [-0.2, 0) is 4.79 Å². The second kappa shape index (κ2) is 11.8. The molecule has 192 valence electrons. The molecular weight excluding hydrogens is 474 g/mol. The summed E-state index contributed by atoms with van der Waals surface area (Å²) in [5.41, 5.74) is 8.70. The summed E-state index contributed by atoms with van der Waals surface area (Å²) in [6.45, 7) is 14.9. The first-order chi connectivity index (χ1) is 17.8. The number of rotatable bonds is 8. The average Bonchev–Trinajstić information content (AvgIpc) is 3.17. The molecule has 5 heteroatoms. The Morgan fingerprint density at radius 2 is 1.43 bits per heavy atom. The number of anilines is 2. The third-order valence-corrected chi connectivity index (χ3v) is 7.78. The van der Waals surface area contributed by atoms with Crippen molar-refractivity contribution in [2.45, 2.75) is 54.4 Å². The van der Waals surface area contributed by atoms with Crippen LogP contribution in [0.2, 0.25) is 0 Å². The van der Waals surface area contributed by atoms with Crippen molar-refractivity contribution < 1.29 is 4.79 Å². The summed E-state index contributed by atoms with van der Waals surface area (Å²) in [5, 5.41) is 0.677. The van der Waals surface area contributed by atoms with Gasteiger partial charge in [0.05, 0.1) is 16.3 Å². The van der Waals surface area contributed by atoms with Gasteiger partial charge in [-0.2, -0.15) is 0 Å². The van der Waals surface area contributed by atoms with Crippen LogP contribution in [0.1, 0.15) is 54.5 Å². The minimum absolute atomic E-state index is 0.0431. The molecular formula is C32H37N3OS. The number of benzene rings is 3. The number of carbonyl (C=O) groups is 1.